The Balaban J connectivity index is 3.05. The number of hydrogen-bond donors (Lipinski definition) is 2. The lowest BCUT2D eigenvalue weighted by molar-refractivity contribution is 0.247. The van der Waals surface area contributed by atoms with Crippen molar-refractivity contribution in [1.29, 1.82) is 0 Å². The number of aliphatic hydroxyl groups excluding tert-OH is 1. The predicted octanol–water partition coefficient (Wildman–Crippen LogP) is 3.11. The van der Waals surface area contributed by atoms with Crippen molar-refractivity contribution in [3.05, 3.63) is 34.9 Å². The number of aryl methyl sites for hydroxylation is 1. The summed E-state index contributed by atoms with van der Waals surface area (Å²) in [5, 5.41) is 11.9. The zero-order valence-corrected chi connectivity index (χ0v) is 12.6. The monoisotopic (exact) mass is 249 g/mol. The molecule has 2 nitrogen and oxygen atoms in total. The second-order valence-corrected chi connectivity index (χ2v) is 6.75. The van der Waals surface area contributed by atoms with Crippen molar-refractivity contribution in [1.82, 2.24) is 5.32 Å². The minimum Gasteiger partial charge on any atom is -0.381 e. The van der Waals surface area contributed by atoms with Crippen LogP contribution in [0.25, 0.3) is 0 Å². The van der Waals surface area contributed by atoms with E-state index in [1.165, 1.54) is 16.7 Å². The maximum atomic E-state index is 8.89. The Morgan fingerprint density at radius 3 is 2.17 bits per heavy atom. The van der Waals surface area contributed by atoms with Crippen LogP contribution in [0.15, 0.2) is 18.2 Å². The molecular weight excluding hydrogens is 222 g/mol. The van der Waals surface area contributed by atoms with Crippen molar-refractivity contribution < 1.29 is 5.11 Å². The van der Waals surface area contributed by atoms with Gasteiger partial charge in [-0.05, 0) is 29.0 Å². The summed E-state index contributed by atoms with van der Waals surface area (Å²) in [6.45, 7) is 14.1. The molecule has 0 heterocycles. The summed E-state index contributed by atoms with van der Waals surface area (Å²) in [5.74, 6) is 0. The van der Waals surface area contributed by atoms with Crippen LogP contribution in [0.5, 0.6) is 0 Å². The molecule has 0 fully saturated rings. The topological polar surface area (TPSA) is 32.3 Å². The first-order valence-corrected chi connectivity index (χ1v) is 6.61. The zero-order chi connectivity index (χ0) is 14.0. The van der Waals surface area contributed by atoms with Gasteiger partial charge in [-0.1, -0.05) is 52.8 Å². The SMILES string of the molecule is Cc1cc(C(C)(C)C)ccc1C(C)(C)CNCO. The summed E-state index contributed by atoms with van der Waals surface area (Å²) in [6, 6.07) is 6.74. The van der Waals surface area contributed by atoms with E-state index in [1.807, 2.05) is 0 Å². The van der Waals surface area contributed by atoms with Gasteiger partial charge in [0.2, 0.25) is 0 Å². The molecule has 0 bridgehead atoms. The Bertz CT molecular complexity index is 402. The van der Waals surface area contributed by atoms with Gasteiger partial charge >= 0.3 is 0 Å². The van der Waals surface area contributed by atoms with E-state index < -0.39 is 0 Å². The van der Waals surface area contributed by atoms with E-state index in [9.17, 15) is 0 Å². The fraction of sp³-hybridized carbons (Fsp3) is 0.625. The van der Waals surface area contributed by atoms with Crippen molar-refractivity contribution in [2.45, 2.75) is 52.4 Å². The van der Waals surface area contributed by atoms with Gasteiger partial charge in [0.1, 0.15) is 0 Å². The third-order valence-corrected chi connectivity index (χ3v) is 3.50. The molecule has 1 aromatic rings. The molecule has 0 aliphatic rings. The molecule has 0 spiro atoms. The molecule has 0 radical (unpaired) electrons. The lowest BCUT2D eigenvalue weighted by Gasteiger charge is -2.29. The lowest BCUT2D eigenvalue weighted by Crippen LogP contribution is -2.34. The van der Waals surface area contributed by atoms with Gasteiger partial charge in [0.05, 0.1) is 6.73 Å². The summed E-state index contributed by atoms with van der Waals surface area (Å²) in [7, 11) is 0. The zero-order valence-electron chi connectivity index (χ0n) is 12.6. The van der Waals surface area contributed by atoms with E-state index >= 15 is 0 Å². The number of aliphatic hydroxyl groups is 1. The number of benzene rings is 1. The molecule has 18 heavy (non-hydrogen) atoms. The lowest BCUT2D eigenvalue weighted by atomic mass is 9.78. The average molecular weight is 249 g/mol. The highest BCUT2D eigenvalue weighted by atomic mass is 16.3. The van der Waals surface area contributed by atoms with Crippen LogP contribution < -0.4 is 5.32 Å². The molecule has 0 saturated heterocycles. The highest BCUT2D eigenvalue weighted by Gasteiger charge is 2.23. The van der Waals surface area contributed by atoms with Crippen LogP contribution in [0.2, 0.25) is 0 Å². The van der Waals surface area contributed by atoms with Gasteiger partial charge in [-0.25, -0.2) is 0 Å². The average Bonchev–Trinajstić information content (AvgIpc) is 2.24. The molecule has 0 atom stereocenters. The maximum absolute atomic E-state index is 8.89. The molecule has 2 heteroatoms. The molecule has 1 aromatic carbocycles. The van der Waals surface area contributed by atoms with Crippen LogP contribution in [-0.4, -0.2) is 18.4 Å². The normalized spacial score (nSPS) is 12.8. The largest absolute Gasteiger partial charge is 0.381 e. The summed E-state index contributed by atoms with van der Waals surface area (Å²) < 4.78 is 0. The minimum absolute atomic E-state index is 0.0303. The van der Waals surface area contributed by atoms with Crippen molar-refractivity contribution in [3.63, 3.8) is 0 Å². The van der Waals surface area contributed by atoms with Crippen molar-refractivity contribution in [2.75, 3.05) is 13.3 Å². The van der Waals surface area contributed by atoms with Gasteiger partial charge in [-0.3, -0.25) is 5.32 Å². The molecule has 2 N–H and O–H groups in total. The third kappa shape index (κ3) is 3.56. The molecule has 0 unspecified atom stereocenters. The van der Waals surface area contributed by atoms with Crippen LogP contribution in [0.4, 0.5) is 0 Å². The summed E-state index contributed by atoms with van der Waals surface area (Å²) in [5.41, 5.74) is 4.26. The smallest absolute Gasteiger partial charge is 0.0931 e. The van der Waals surface area contributed by atoms with Crippen molar-refractivity contribution in [3.8, 4) is 0 Å². The second-order valence-electron chi connectivity index (χ2n) is 6.75. The Hall–Kier alpha value is -0.860. The summed E-state index contributed by atoms with van der Waals surface area (Å²) in [4.78, 5) is 0. The van der Waals surface area contributed by atoms with E-state index in [4.69, 9.17) is 5.11 Å². The molecule has 0 amide bonds. The van der Waals surface area contributed by atoms with Gasteiger partial charge in [-0.2, -0.15) is 0 Å². The van der Waals surface area contributed by atoms with E-state index in [-0.39, 0.29) is 17.6 Å². The van der Waals surface area contributed by atoms with Crippen LogP contribution in [-0.2, 0) is 10.8 Å². The quantitative estimate of drug-likeness (QED) is 0.804. The van der Waals surface area contributed by atoms with E-state index in [0.29, 0.717) is 0 Å². The molecule has 0 aromatic heterocycles. The Morgan fingerprint density at radius 2 is 1.72 bits per heavy atom. The second kappa shape index (κ2) is 5.41. The predicted molar refractivity (Wildman–Crippen MR) is 78.0 cm³/mol. The fourth-order valence-corrected chi connectivity index (χ4v) is 2.35. The highest BCUT2D eigenvalue weighted by molar-refractivity contribution is 5.38. The third-order valence-electron chi connectivity index (χ3n) is 3.50. The molecule has 0 aliphatic carbocycles. The summed E-state index contributed by atoms with van der Waals surface area (Å²) >= 11 is 0. The van der Waals surface area contributed by atoms with E-state index in [2.05, 4.69) is 65.1 Å². The number of hydrogen-bond acceptors (Lipinski definition) is 2. The molecule has 0 aliphatic heterocycles. The Labute approximate surface area is 111 Å². The molecule has 0 saturated carbocycles. The fourth-order valence-electron chi connectivity index (χ4n) is 2.35. The number of nitrogens with one attached hydrogen (secondary N) is 1. The Morgan fingerprint density at radius 1 is 1.11 bits per heavy atom. The van der Waals surface area contributed by atoms with Crippen LogP contribution in [0.3, 0.4) is 0 Å². The first-order valence-electron chi connectivity index (χ1n) is 6.61. The molecule has 1 rings (SSSR count). The van der Waals surface area contributed by atoms with E-state index in [1.54, 1.807) is 0 Å². The highest BCUT2D eigenvalue weighted by Crippen LogP contribution is 2.30. The minimum atomic E-state index is 0.0303. The van der Waals surface area contributed by atoms with Gasteiger partial charge in [-0.15, -0.1) is 0 Å². The van der Waals surface area contributed by atoms with Crippen LogP contribution in [0, 0.1) is 6.92 Å². The van der Waals surface area contributed by atoms with Crippen LogP contribution >= 0.6 is 0 Å². The molecule has 102 valence electrons. The maximum Gasteiger partial charge on any atom is 0.0931 e. The van der Waals surface area contributed by atoms with Gasteiger partial charge in [0.25, 0.3) is 0 Å². The van der Waals surface area contributed by atoms with Crippen molar-refractivity contribution in [2.24, 2.45) is 0 Å². The van der Waals surface area contributed by atoms with Crippen molar-refractivity contribution >= 4 is 0 Å². The summed E-state index contributed by atoms with van der Waals surface area (Å²) in [6.07, 6.45) is 0. The standard InChI is InChI=1S/C16H27NO/c1-12-9-13(15(2,3)4)7-8-14(12)16(5,6)10-17-11-18/h7-9,17-18H,10-11H2,1-6H3. The van der Waals surface area contributed by atoms with Gasteiger partial charge in [0, 0.05) is 12.0 Å². The van der Waals surface area contributed by atoms with Gasteiger partial charge < -0.3 is 5.11 Å². The van der Waals surface area contributed by atoms with Crippen LogP contribution in [0.1, 0.15) is 51.3 Å². The molecular formula is C16H27NO. The first kappa shape index (κ1) is 15.2. The Kier molecular flexibility index (Phi) is 4.57. The first-order chi connectivity index (χ1) is 8.18. The number of rotatable bonds is 4. The van der Waals surface area contributed by atoms with Gasteiger partial charge in [0.15, 0.2) is 0 Å². The van der Waals surface area contributed by atoms with E-state index in [0.717, 1.165) is 6.54 Å².